The van der Waals surface area contributed by atoms with E-state index in [1.165, 1.54) is 0 Å². The number of hydrogen-bond acceptors (Lipinski definition) is 9. The summed E-state index contributed by atoms with van der Waals surface area (Å²) in [6.45, 7) is 12.2. The summed E-state index contributed by atoms with van der Waals surface area (Å²) in [6, 6.07) is 8.19. The van der Waals surface area contributed by atoms with E-state index in [2.05, 4.69) is 46.8 Å². The fraction of sp³-hybridized carbons (Fsp3) is 0.606. The number of anilines is 2. The van der Waals surface area contributed by atoms with Crippen molar-refractivity contribution in [3.05, 3.63) is 41.6 Å². The summed E-state index contributed by atoms with van der Waals surface area (Å²) in [6.07, 6.45) is 6.30. The van der Waals surface area contributed by atoms with Gasteiger partial charge in [-0.25, -0.2) is 4.79 Å². The minimum Gasteiger partial charge on any atom is -0.460 e. The Bertz CT molecular complexity index is 1470. The molecular formula is C33H48N8O4. The second kappa shape index (κ2) is 14.0. The lowest BCUT2D eigenvalue weighted by Gasteiger charge is -2.29. The highest BCUT2D eigenvalue weighted by atomic mass is 16.6. The number of benzene rings is 1. The average Bonchev–Trinajstić information content (AvgIpc) is 3.41. The zero-order chi connectivity index (χ0) is 32.1. The summed E-state index contributed by atoms with van der Waals surface area (Å²) in [5.41, 5.74) is 2.97. The molecule has 2 aliphatic rings. The van der Waals surface area contributed by atoms with Crippen LogP contribution in [0.2, 0.25) is 0 Å². The van der Waals surface area contributed by atoms with E-state index in [1.54, 1.807) is 4.52 Å². The van der Waals surface area contributed by atoms with Crippen LogP contribution >= 0.6 is 0 Å². The van der Waals surface area contributed by atoms with E-state index in [-0.39, 0.29) is 29.9 Å². The Hall–Kier alpha value is -3.93. The van der Waals surface area contributed by atoms with Crippen molar-refractivity contribution in [2.24, 2.45) is 5.92 Å². The predicted octanol–water partition coefficient (Wildman–Crippen LogP) is 5.35. The Morgan fingerprint density at radius 3 is 2.47 bits per heavy atom. The van der Waals surface area contributed by atoms with Crippen molar-refractivity contribution in [3.63, 3.8) is 0 Å². The van der Waals surface area contributed by atoms with Crippen molar-refractivity contribution in [2.75, 3.05) is 30.8 Å². The molecule has 0 atom stereocenters. The van der Waals surface area contributed by atoms with Gasteiger partial charge in [0, 0.05) is 42.8 Å². The normalized spacial score (nSPS) is 19.8. The Balaban J connectivity index is 1.19. The summed E-state index contributed by atoms with van der Waals surface area (Å²) < 4.78 is 13.4. The quantitative estimate of drug-likeness (QED) is 0.289. The minimum absolute atomic E-state index is 0.00166. The molecule has 3 N–H and O–H groups in total. The van der Waals surface area contributed by atoms with E-state index in [1.807, 2.05) is 51.2 Å². The van der Waals surface area contributed by atoms with Gasteiger partial charge in [0.15, 0.2) is 5.65 Å². The van der Waals surface area contributed by atoms with Crippen molar-refractivity contribution >= 4 is 29.3 Å². The highest BCUT2D eigenvalue weighted by Crippen LogP contribution is 2.27. The standard InChI is InChI=1S/C33H48N8O4/c1-21(2)27-20-35-41-28(27)38-31(44-26-14-16-40(6)17-15-26)39-30(41)34-19-22-8-7-9-25(18-22)36-29(42)23-10-12-24(13-11-23)37-32(43)45-33(3,4)5/h7-9,18,20-21,23-24,26H,10-17,19H2,1-6H3,(H,36,42)(H,37,43)(H,34,38,39)/t23-,24+. The molecule has 3 heterocycles. The SMILES string of the molecule is CC(C)c1cnn2c(NCc3cccc(NC(=O)[C@H]4CC[C@@H](NC(=O)OC(C)(C)C)CC4)c3)nc(OC3CCN(C)CC3)nc12. The zero-order valence-corrected chi connectivity index (χ0v) is 27.4. The number of fused-ring (bicyclic) bond motifs is 1. The van der Waals surface area contributed by atoms with Crippen LogP contribution < -0.4 is 20.7 Å². The van der Waals surface area contributed by atoms with E-state index in [0.29, 0.717) is 31.3 Å². The van der Waals surface area contributed by atoms with Crippen molar-refractivity contribution in [1.29, 1.82) is 0 Å². The number of carbonyl (C=O) groups excluding carboxylic acids is 2. The summed E-state index contributed by atoms with van der Waals surface area (Å²) >= 11 is 0. The molecule has 0 unspecified atom stereocenters. The number of alkyl carbamates (subject to hydrolysis) is 1. The third-order valence-electron chi connectivity index (χ3n) is 8.40. The van der Waals surface area contributed by atoms with E-state index >= 15 is 0 Å². The van der Waals surface area contributed by atoms with Crippen LogP contribution in [0.3, 0.4) is 0 Å². The first-order valence-electron chi connectivity index (χ1n) is 16.2. The summed E-state index contributed by atoms with van der Waals surface area (Å²) in [5, 5.41) is 14.0. The van der Waals surface area contributed by atoms with Gasteiger partial charge in [0.1, 0.15) is 11.7 Å². The average molecular weight is 621 g/mol. The van der Waals surface area contributed by atoms with Crippen LogP contribution in [0.4, 0.5) is 16.4 Å². The molecule has 45 heavy (non-hydrogen) atoms. The molecule has 1 aromatic carbocycles. The summed E-state index contributed by atoms with van der Waals surface area (Å²) in [4.78, 5) is 37.0. The number of likely N-dealkylation sites (tertiary alicyclic amines) is 1. The number of aromatic nitrogens is 4. The second-order valence-corrected chi connectivity index (χ2v) is 13.7. The maximum absolute atomic E-state index is 13.1. The summed E-state index contributed by atoms with van der Waals surface area (Å²) in [5.74, 6) is 0.705. The van der Waals surface area contributed by atoms with Gasteiger partial charge < -0.3 is 30.3 Å². The van der Waals surface area contributed by atoms with E-state index in [9.17, 15) is 9.59 Å². The molecule has 5 rings (SSSR count). The smallest absolute Gasteiger partial charge is 0.407 e. The van der Waals surface area contributed by atoms with Gasteiger partial charge in [-0.3, -0.25) is 4.79 Å². The molecule has 3 aromatic rings. The molecule has 2 amide bonds. The van der Waals surface area contributed by atoms with Gasteiger partial charge in [-0.1, -0.05) is 26.0 Å². The maximum atomic E-state index is 13.1. The molecule has 2 fully saturated rings. The Morgan fingerprint density at radius 2 is 1.78 bits per heavy atom. The monoisotopic (exact) mass is 620 g/mol. The Morgan fingerprint density at radius 1 is 1.04 bits per heavy atom. The maximum Gasteiger partial charge on any atom is 0.407 e. The van der Waals surface area contributed by atoms with Gasteiger partial charge in [-0.05, 0) is 90.0 Å². The Kier molecular flexibility index (Phi) is 10.1. The fourth-order valence-electron chi connectivity index (χ4n) is 5.86. The van der Waals surface area contributed by atoms with Gasteiger partial charge >= 0.3 is 12.1 Å². The van der Waals surface area contributed by atoms with Crippen LogP contribution in [0.15, 0.2) is 30.5 Å². The van der Waals surface area contributed by atoms with Crippen LogP contribution in [0.5, 0.6) is 6.01 Å². The minimum atomic E-state index is -0.535. The molecule has 2 aromatic heterocycles. The van der Waals surface area contributed by atoms with Crippen molar-refractivity contribution in [2.45, 2.75) is 103 Å². The van der Waals surface area contributed by atoms with Gasteiger partial charge in [0.05, 0.1) is 6.20 Å². The highest BCUT2D eigenvalue weighted by Gasteiger charge is 2.28. The van der Waals surface area contributed by atoms with Crippen LogP contribution in [0.1, 0.15) is 90.2 Å². The van der Waals surface area contributed by atoms with E-state index < -0.39 is 11.7 Å². The molecule has 12 heteroatoms. The van der Waals surface area contributed by atoms with Gasteiger partial charge in [0.25, 0.3) is 0 Å². The van der Waals surface area contributed by atoms with E-state index in [4.69, 9.17) is 19.4 Å². The third-order valence-corrected chi connectivity index (χ3v) is 8.40. The van der Waals surface area contributed by atoms with Gasteiger partial charge in [-0.15, -0.1) is 0 Å². The molecule has 1 saturated carbocycles. The largest absolute Gasteiger partial charge is 0.460 e. The highest BCUT2D eigenvalue weighted by molar-refractivity contribution is 5.92. The molecular weight excluding hydrogens is 572 g/mol. The third kappa shape index (κ3) is 8.84. The molecule has 1 aliphatic carbocycles. The predicted molar refractivity (Wildman–Crippen MR) is 174 cm³/mol. The zero-order valence-electron chi connectivity index (χ0n) is 27.4. The van der Waals surface area contributed by atoms with Crippen LogP contribution in [0.25, 0.3) is 5.65 Å². The first kappa shape index (κ1) is 32.5. The molecule has 244 valence electrons. The first-order chi connectivity index (χ1) is 21.4. The lowest BCUT2D eigenvalue weighted by molar-refractivity contribution is -0.120. The number of hydrogen-bond donors (Lipinski definition) is 3. The number of amides is 2. The molecule has 12 nitrogen and oxygen atoms in total. The first-order valence-corrected chi connectivity index (χ1v) is 16.2. The van der Waals surface area contributed by atoms with E-state index in [0.717, 1.165) is 61.2 Å². The topological polar surface area (TPSA) is 135 Å². The van der Waals surface area contributed by atoms with Crippen LogP contribution in [0, 0.1) is 5.92 Å². The Labute approximate surface area is 265 Å². The fourth-order valence-corrected chi connectivity index (χ4v) is 5.86. The van der Waals surface area contributed by atoms with Crippen LogP contribution in [-0.2, 0) is 16.1 Å². The number of ether oxygens (including phenoxy) is 2. The van der Waals surface area contributed by atoms with Gasteiger partial charge in [-0.2, -0.15) is 19.6 Å². The van der Waals surface area contributed by atoms with Crippen LogP contribution in [-0.4, -0.2) is 74.4 Å². The molecule has 0 radical (unpaired) electrons. The molecule has 1 aliphatic heterocycles. The molecule has 0 bridgehead atoms. The molecule has 1 saturated heterocycles. The van der Waals surface area contributed by atoms with Gasteiger partial charge in [0.2, 0.25) is 11.9 Å². The molecule has 0 spiro atoms. The van der Waals surface area contributed by atoms with Crippen molar-refractivity contribution in [1.82, 2.24) is 29.8 Å². The second-order valence-electron chi connectivity index (χ2n) is 13.7. The summed E-state index contributed by atoms with van der Waals surface area (Å²) in [7, 11) is 2.13. The number of rotatable bonds is 9. The number of nitrogens with zero attached hydrogens (tertiary/aromatic N) is 5. The number of piperidine rings is 1. The number of carbonyl (C=O) groups is 2. The lowest BCUT2D eigenvalue weighted by Crippen LogP contribution is -2.42. The number of nitrogens with one attached hydrogen (secondary N) is 3. The van der Waals surface area contributed by atoms with Crippen molar-refractivity contribution in [3.8, 4) is 6.01 Å². The van der Waals surface area contributed by atoms with Crippen molar-refractivity contribution < 1.29 is 19.1 Å². The lowest BCUT2D eigenvalue weighted by atomic mass is 9.85.